The SMILES string of the molecule is O=[N+]([O-])c1ccc(-[n+]2ccc(-c3cc[n+](-c4ccc(Oc5cccc(O)c5)cc4)cc3)cc2)c([N+](=O)[O-])c1. The van der Waals surface area contributed by atoms with Crippen LogP contribution in [0.5, 0.6) is 17.2 Å². The van der Waals surface area contributed by atoms with Crippen LogP contribution in [0, 0.1) is 20.2 Å². The molecule has 3 aromatic carbocycles. The molecule has 0 aliphatic heterocycles. The number of aromatic hydroxyl groups is 1. The third kappa shape index (κ3) is 5.14. The highest BCUT2D eigenvalue weighted by molar-refractivity contribution is 5.61. The number of hydrogen-bond acceptors (Lipinski definition) is 6. The lowest BCUT2D eigenvalue weighted by Crippen LogP contribution is -2.30. The van der Waals surface area contributed by atoms with Crippen molar-refractivity contribution in [2.75, 3.05) is 0 Å². The fraction of sp³-hybridized carbons (Fsp3) is 0. The number of nitrogens with zero attached hydrogens (tertiary/aromatic N) is 4. The second-order valence-electron chi connectivity index (χ2n) is 8.27. The molecule has 0 saturated carbocycles. The number of aromatic nitrogens is 2. The highest BCUT2D eigenvalue weighted by Gasteiger charge is 2.26. The molecule has 0 aliphatic rings. The van der Waals surface area contributed by atoms with Crippen LogP contribution in [0.2, 0.25) is 0 Å². The maximum atomic E-state index is 11.5. The summed E-state index contributed by atoms with van der Waals surface area (Å²) >= 11 is 0. The first-order valence-corrected chi connectivity index (χ1v) is 11.4. The molecule has 2 heterocycles. The smallest absolute Gasteiger partial charge is 0.347 e. The van der Waals surface area contributed by atoms with Crippen LogP contribution < -0.4 is 13.9 Å². The minimum absolute atomic E-state index is 0.135. The minimum atomic E-state index is -0.661. The van der Waals surface area contributed by atoms with Crippen molar-refractivity contribution < 1.29 is 28.8 Å². The van der Waals surface area contributed by atoms with Crippen LogP contribution >= 0.6 is 0 Å². The second kappa shape index (κ2) is 10.2. The Bertz CT molecular complexity index is 1640. The van der Waals surface area contributed by atoms with Gasteiger partial charge in [-0.2, -0.15) is 9.13 Å². The van der Waals surface area contributed by atoms with E-state index in [1.165, 1.54) is 12.1 Å². The monoisotopic (exact) mass is 508 g/mol. The molecule has 0 atom stereocenters. The third-order valence-electron chi connectivity index (χ3n) is 5.82. The first-order valence-electron chi connectivity index (χ1n) is 11.4. The van der Waals surface area contributed by atoms with E-state index in [1.54, 1.807) is 41.2 Å². The number of ether oxygens (including phenoxy) is 1. The molecule has 0 bridgehead atoms. The van der Waals surface area contributed by atoms with Crippen molar-refractivity contribution >= 4 is 11.4 Å². The second-order valence-corrected chi connectivity index (χ2v) is 8.27. The molecule has 5 aromatic rings. The lowest BCUT2D eigenvalue weighted by atomic mass is 10.1. The number of nitro groups is 2. The summed E-state index contributed by atoms with van der Waals surface area (Å²) in [6.07, 6.45) is 7.19. The zero-order valence-electron chi connectivity index (χ0n) is 19.7. The number of nitro benzene ring substituents is 2. The van der Waals surface area contributed by atoms with Gasteiger partial charge in [0.1, 0.15) is 23.3 Å². The van der Waals surface area contributed by atoms with Gasteiger partial charge < -0.3 is 9.84 Å². The van der Waals surface area contributed by atoms with E-state index in [1.807, 2.05) is 65.5 Å². The lowest BCUT2D eigenvalue weighted by Gasteiger charge is -2.06. The summed E-state index contributed by atoms with van der Waals surface area (Å²) in [5.74, 6) is 1.32. The summed E-state index contributed by atoms with van der Waals surface area (Å²) in [4.78, 5) is 21.2. The Kier molecular flexibility index (Phi) is 6.43. The van der Waals surface area contributed by atoms with Gasteiger partial charge in [0.25, 0.3) is 11.4 Å². The number of rotatable bonds is 7. The maximum Gasteiger partial charge on any atom is 0.347 e. The van der Waals surface area contributed by atoms with E-state index in [2.05, 4.69) is 0 Å². The van der Waals surface area contributed by atoms with Gasteiger partial charge in [-0.1, -0.05) is 6.07 Å². The van der Waals surface area contributed by atoms with Crippen molar-refractivity contribution in [2.24, 2.45) is 0 Å². The summed E-state index contributed by atoms with van der Waals surface area (Å²) in [6, 6.07) is 25.2. The van der Waals surface area contributed by atoms with Crippen molar-refractivity contribution in [1.82, 2.24) is 0 Å². The standard InChI is InChI=1S/C28H19N4O6/c33-24-2-1-3-26(19-24)38-25-7-4-22(5-8-25)29-14-10-20(11-15-29)21-12-16-30(17-13-21)27-9-6-23(31(34)35)18-28(27)32(36)37/h1-19H/q+1/p+1. The van der Waals surface area contributed by atoms with Gasteiger partial charge in [0, 0.05) is 54.6 Å². The van der Waals surface area contributed by atoms with Gasteiger partial charge in [0.15, 0.2) is 24.8 Å². The van der Waals surface area contributed by atoms with Crippen LogP contribution in [0.1, 0.15) is 0 Å². The van der Waals surface area contributed by atoms with E-state index < -0.39 is 9.85 Å². The van der Waals surface area contributed by atoms with Crippen molar-refractivity contribution in [1.29, 1.82) is 0 Å². The fourth-order valence-electron chi connectivity index (χ4n) is 3.93. The van der Waals surface area contributed by atoms with Crippen LogP contribution in [0.3, 0.4) is 0 Å². The number of phenols is 1. The number of benzene rings is 3. The molecule has 10 heteroatoms. The summed E-state index contributed by atoms with van der Waals surface area (Å²) in [7, 11) is 0. The number of pyridine rings is 2. The topological polar surface area (TPSA) is 124 Å². The summed E-state index contributed by atoms with van der Waals surface area (Å²) in [6.45, 7) is 0. The van der Waals surface area contributed by atoms with Crippen molar-refractivity contribution in [2.45, 2.75) is 0 Å². The molecule has 0 radical (unpaired) electrons. The van der Waals surface area contributed by atoms with E-state index in [0.29, 0.717) is 11.5 Å². The van der Waals surface area contributed by atoms with Crippen LogP contribution in [0.25, 0.3) is 22.5 Å². The Morgan fingerprint density at radius 1 is 0.658 bits per heavy atom. The molecule has 2 aromatic heterocycles. The Labute approximate surface area is 216 Å². The molecule has 0 aliphatic carbocycles. The molecule has 0 amide bonds. The predicted molar refractivity (Wildman–Crippen MR) is 136 cm³/mol. The Morgan fingerprint density at radius 2 is 1.29 bits per heavy atom. The first-order chi connectivity index (χ1) is 18.4. The van der Waals surface area contributed by atoms with Crippen LogP contribution in [-0.2, 0) is 0 Å². The average molecular weight is 508 g/mol. The van der Waals surface area contributed by atoms with Gasteiger partial charge in [-0.15, -0.1) is 0 Å². The molecule has 0 spiro atoms. The zero-order chi connectivity index (χ0) is 26.6. The van der Waals surface area contributed by atoms with E-state index >= 15 is 0 Å². The fourth-order valence-corrected chi connectivity index (χ4v) is 3.93. The molecule has 0 fully saturated rings. The van der Waals surface area contributed by atoms with Crippen molar-refractivity contribution in [3.05, 3.63) is 136 Å². The molecule has 186 valence electrons. The molecule has 38 heavy (non-hydrogen) atoms. The van der Waals surface area contributed by atoms with Gasteiger partial charge in [0.2, 0.25) is 5.69 Å². The van der Waals surface area contributed by atoms with E-state index in [-0.39, 0.29) is 22.8 Å². The van der Waals surface area contributed by atoms with Gasteiger partial charge >= 0.3 is 5.69 Å². The first kappa shape index (κ1) is 24.1. The molecule has 0 unspecified atom stereocenters. The lowest BCUT2D eigenvalue weighted by molar-refractivity contribution is -0.600. The van der Waals surface area contributed by atoms with E-state index in [4.69, 9.17) is 4.74 Å². The van der Waals surface area contributed by atoms with Gasteiger partial charge in [-0.25, -0.2) is 0 Å². The third-order valence-corrected chi connectivity index (χ3v) is 5.82. The molecule has 10 nitrogen and oxygen atoms in total. The zero-order valence-corrected chi connectivity index (χ0v) is 19.7. The van der Waals surface area contributed by atoms with Crippen molar-refractivity contribution in [3.63, 3.8) is 0 Å². The Hall–Kier alpha value is -5.64. The summed E-state index contributed by atoms with van der Waals surface area (Å²) < 4.78 is 9.27. The Balaban J connectivity index is 1.32. The highest BCUT2D eigenvalue weighted by Crippen LogP contribution is 2.26. The summed E-state index contributed by atoms with van der Waals surface area (Å²) in [5, 5.41) is 32.0. The average Bonchev–Trinajstić information content (AvgIpc) is 2.93. The summed E-state index contributed by atoms with van der Waals surface area (Å²) in [5.41, 5.74) is 2.30. The van der Waals surface area contributed by atoms with E-state index in [9.17, 15) is 25.3 Å². The molecule has 0 saturated heterocycles. The molecular weight excluding hydrogens is 488 g/mol. The van der Waals surface area contributed by atoms with Crippen molar-refractivity contribution in [3.8, 4) is 39.8 Å². The van der Waals surface area contributed by atoms with Gasteiger partial charge in [0.05, 0.1) is 9.85 Å². The molecule has 5 rings (SSSR count). The minimum Gasteiger partial charge on any atom is -0.508 e. The largest absolute Gasteiger partial charge is 0.508 e. The molecule has 1 N–H and O–H groups in total. The van der Waals surface area contributed by atoms with Gasteiger partial charge in [-0.3, -0.25) is 20.2 Å². The Morgan fingerprint density at radius 3 is 1.87 bits per heavy atom. The van der Waals surface area contributed by atoms with Crippen LogP contribution in [0.4, 0.5) is 11.4 Å². The predicted octanol–water partition coefficient (Wildman–Crippen LogP) is 5.22. The highest BCUT2D eigenvalue weighted by atomic mass is 16.6. The number of phenolic OH excluding ortho intramolecular Hbond substituents is 1. The van der Waals surface area contributed by atoms with Crippen LogP contribution in [0.15, 0.2) is 116 Å². The van der Waals surface area contributed by atoms with Crippen LogP contribution in [-0.4, -0.2) is 15.0 Å². The number of non-ortho nitro benzene ring substituents is 1. The maximum absolute atomic E-state index is 11.5. The quantitative estimate of drug-likeness (QED) is 0.183. The normalized spacial score (nSPS) is 10.6. The number of hydrogen-bond donors (Lipinski definition) is 1. The van der Waals surface area contributed by atoms with Gasteiger partial charge in [-0.05, 0) is 35.4 Å². The molecular formula is C28H20N4O6+2. The van der Waals surface area contributed by atoms with E-state index in [0.717, 1.165) is 22.9 Å².